The number of nitrogens with one attached hydrogen (secondary N) is 1. The van der Waals surface area contributed by atoms with Gasteiger partial charge in [-0.15, -0.1) is 0 Å². The molecule has 2 amide bonds. The number of carbonyl (C=O) groups is 1. The lowest BCUT2D eigenvalue weighted by molar-refractivity contribution is 0.193. The molecule has 1 saturated carbocycles. The second kappa shape index (κ2) is 5.44. The van der Waals surface area contributed by atoms with Crippen LogP contribution in [0.4, 0.5) is 9.18 Å². The van der Waals surface area contributed by atoms with E-state index in [1.807, 2.05) is 6.08 Å². The first-order chi connectivity index (χ1) is 9.65. The molecule has 1 aromatic rings. The maximum atomic E-state index is 13.8. The fourth-order valence-electron chi connectivity index (χ4n) is 2.91. The van der Waals surface area contributed by atoms with E-state index in [4.69, 9.17) is 11.6 Å². The number of rotatable bonds is 2. The number of nitrogens with zero attached hydrogens (tertiary/aromatic N) is 1. The van der Waals surface area contributed by atoms with Gasteiger partial charge >= 0.3 is 6.03 Å². The van der Waals surface area contributed by atoms with Crippen LogP contribution >= 0.6 is 11.6 Å². The van der Waals surface area contributed by atoms with Crippen LogP contribution in [0.1, 0.15) is 37.3 Å². The Balaban J connectivity index is 1.82. The molecule has 0 saturated heterocycles. The van der Waals surface area contributed by atoms with Crippen LogP contribution in [0, 0.1) is 5.82 Å². The Morgan fingerprint density at radius 2 is 2.05 bits per heavy atom. The number of benzene rings is 1. The maximum Gasteiger partial charge on any atom is 0.322 e. The number of urea groups is 1. The monoisotopic (exact) mass is 294 g/mol. The number of halogens is 2. The van der Waals surface area contributed by atoms with Gasteiger partial charge in [0.25, 0.3) is 0 Å². The van der Waals surface area contributed by atoms with Crippen molar-refractivity contribution in [2.24, 2.45) is 0 Å². The minimum absolute atomic E-state index is 0.163. The summed E-state index contributed by atoms with van der Waals surface area (Å²) in [5.74, 6) is -0.362. The van der Waals surface area contributed by atoms with E-state index in [0.717, 1.165) is 25.7 Å². The minimum Gasteiger partial charge on any atom is -0.327 e. The molecule has 0 aromatic heterocycles. The van der Waals surface area contributed by atoms with Crippen molar-refractivity contribution in [2.75, 3.05) is 0 Å². The first-order valence-electron chi connectivity index (χ1n) is 6.87. The zero-order valence-electron chi connectivity index (χ0n) is 11.0. The van der Waals surface area contributed by atoms with Gasteiger partial charge in [-0.3, -0.25) is 4.90 Å². The third-order valence-corrected chi connectivity index (χ3v) is 4.20. The van der Waals surface area contributed by atoms with E-state index in [1.54, 1.807) is 17.2 Å². The van der Waals surface area contributed by atoms with Crippen LogP contribution in [0.15, 0.2) is 30.5 Å². The Labute approximate surface area is 122 Å². The number of hydrogen-bond donors (Lipinski definition) is 1. The third-order valence-electron chi connectivity index (χ3n) is 3.96. The van der Waals surface area contributed by atoms with E-state index in [1.165, 1.54) is 12.1 Å². The predicted molar refractivity (Wildman–Crippen MR) is 75.9 cm³/mol. The normalized spacial score (nSPS) is 23.2. The highest BCUT2D eigenvalue weighted by molar-refractivity contribution is 6.30. The number of amides is 2. The molecule has 1 atom stereocenters. The van der Waals surface area contributed by atoms with Gasteiger partial charge in [0, 0.05) is 22.8 Å². The van der Waals surface area contributed by atoms with Gasteiger partial charge in [0.15, 0.2) is 0 Å². The molecule has 1 aliphatic heterocycles. The molecule has 2 aliphatic rings. The lowest BCUT2D eigenvalue weighted by Gasteiger charge is -2.32. The highest BCUT2D eigenvalue weighted by atomic mass is 35.5. The zero-order chi connectivity index (χ0) is 14.1. The van der Waals surface area contributed by atoms with Gasteiger partial charge in [0.2, 0.25) is 0 Å². The number of carbonyl (C=O) groups excluding carboxylic acids is 1. The summed E-state index contributed by atoms with van der Waals surface area (Å²) in [5.41, 5.74) is 0.396. The van der Waals surface area contributed by atoms with E-state index in [9.17, 15) is 9.18 Å². The highest BCUT2D eigenvalue weighted by Crippen LogP contribution is 2.29. The standard InChI is InChI=1S/C15H16ClFN2O/c16-10-5-6-13(17)12(9-10)14-7-8-19(15(20)18-14)11-3-1-2-4-11/h5-9,11,14H,1-4H2,(H,18,20). The first-order valence-corrected chi connectivity index (χ1v) is 7.25. The molecule has 1 unspecified atom stereocenters. The third kappa shape index (κ3) is 2.52. The first kappa shape index (κ1) is 13.4. The average molecular weight is 295 g/mol. The molecule has 5 heteroatoms. The van der Waals surface area contributed by atoms with Crippen molar-refractivity contribution in [1.82, 2.24) is 10.2 Å². The Morgan fingerprint density at radius 3 is 2.75 bits per heavy atom. The van der Waals surface area contributed by atoms with Gasteiger partial charge in [0.05, 0.1) is 6.04 Å². The molecule has 3 rings (SSSR count). The molecule has 1 aromatic carbocycles. The lowest BCUT2D eigenvalue weighted by atomic mass is 10.0. The molecule has 1 fully saturated rings. The van der Waals surface area contributed by atoms with Crippen molar-refractivity contribution in [3.63, 3.8) is 0 Å². The quantitative estimate of drug-likeness (QED) is 0.878. The van der Waals surface area contributed by atoms with Crippen LogP contribution in [0.5, 0.6) is 0 Å². The van der Waals surface area contributed by atoms with Crippen molar-refractivity contribution in [1.29, 1.82) is 0 Å². The van der Waals surface area contributed by atoms with Crippen LogP contribution in [-0.2, 0) is 0 Å². The predicted octanol–water partition coefficient (Wildman–Crippen LogP) is 4.00. The fraction of sp³-hybridized carbons (Fsp3) is 0.400. The van der Waals surface area contributed by atoms with E-state index in [2.05, 4.69) is 5.32 Å². The molecule has 0 radical (unpaired) electrons. The topological polar surface area (TPSA) is 32.3 Å². The second-order valence-electron chi connectivity index (χ2n) is 5.28. The van der Waals surface area contributed by atoms with Crippen molar-refractivity contribution >= 4 is 17.6 Å². The molecular formula is C15H16ClFN2O. The summed E-state index contributed by atoms with van der Waals surface area (Å²) in [7, 11) is 0. The van der Waals surface area contributed by atoms with Crippen LogP contribution in [0.2, 0.25) is 5.02 Å². The minimum atomic E-state index is -0.459. The molecule has 3 nitrogen and oxygen atoms in total. The Morgan fingerprint density at radius 1 is 1.30 bits per heavy atom. The number of hydrogen-bond acceptors (Lipinski definition) is 1. The Hall–Kier alpha value is -1.55. The van der Waals surface area contributed by atoms with Gasteiger partial charge in [0.1, 0.15) is 5.82 Å². The van der Waals surface area contributed by atoms with Crippen LogP contribution in [-0.4, -0.2) is 17.0 Å². The lowest BCUT2D eigenvalue weighted by Crippen LogP contribution is -2.46. The maximum absolute atomic E-state index is 13.8. The van der Waals surface area contributed by atoms with Gasteiger partial charge in [-0.25, -0.2) is 9.18 Å². The summed E-state index contributed by atoms with van der Waals surface area (Å²) in [6.07, 6.45) is 7.99. The molecular weight excluding hydrogens is 279 g/mol. The van der Waals surface area contributed by atoms with Crippen molar-refractivity contribution in [3.05, 3.63) is 46.9 Å². The van der Waals surface area contributed by atoms with Gasteiger partial charge in [-0.05, 0) is 37.1 Å². The van der Waals surface area contributed by atoms with Crippen molar-refractivity contribution < 1.29 is 9.18 Å². The van der Waals surface area contributed by atoms with E-state index in [0.29, 0.717) is 10.6 Å². The molecule has 1 aliphatic carbocycles. The fourth-order valence-corrected chi connectivity index (χ4v) is 3.09. The summed E-state index contributed by atoms with van der Waals surface area (Å²) in [5, 5.41) is 3.29. The summed E-state index contributed by atoms with van der Waals surface area (Å²) < 4.78 is 13.8. The van der Waals surface area contributed by atoms with Gasteiger partial charge in [-0.2, -0.15) is 0 Å². The van der Waals surface area contributed by atoms with Gasteiger partial charge in [-0.1, -0.05) is 24.4 Å². The van der Waals surface area contributed by atoms with Crippen LogP contribution in [0.25, 0.3) is 0 Å². The van der Waals surface area contributed by atoms with Gasteiger partial charge < -0.3 is 5.32 Å². The Kier molecular flexibility index (Phi) is 3.66. The summed E-state index contributed by atoms with van der Waals surface area (Å²) in [6, 6.07) is 4.02. The average Bonchev–Trinajstić information content (AvgIpc) is 2.95. The molecule has 106 valence electrons. The van der Waals surface area contributed by atoms with Crippen LogP contribution < -0.4 is 5.32 Å². The SMILES string of the molecule is O=C1NC(c2cc(Cl)ccc2F)C=CN1C1CCCC1. The van der Waals surface area contributed by atoms with E-state index >= 15 is 0 Å². The zero-order valence-corrected chi connectivity index (χ0v) is 11.7. The van der Waals surface area contributed by atoms with E-state index in [-0.39, 0.29) is 17.9 Å². The Bertz CT molecular complexity index is 555. The van der Waals surface area contributed by atoms with Crippen molar-refractivity contribution in [2.45, 2.75) is 37.8 Å². The second-order valence-corrected chi connectivity index (χ2v) is 5.72. The molecule has 0 spiro atoms. The molecule has 0 bridgehead atoms. The largest absolute Gasteiger partial charge is 0.327 e. The molecule has 20 heavy (non-hydrogen) atoms. The van der Waals surface area contributed by atoms with E-state index < -0.39 is 6.04 Å². The summed E-state index contributed by atoms with van der Waals surface area (Å²) in [4.78, 5) is 13.9. The smallest absolute Gasteiger partial charge is 0.322 e. The highest BCUT2D eigenvalue weighted by Gasteiger charge is 2.30. The molecule has 1 heterocycles. The summed E-state index contributed by atoms with van der Waals surface area (Å²) >= 11 is 5.89. The van der Waals surface area contributed by atoms with Crippen LogP contribution in [0.3, 0.4) is 0 Å². The summed E-state index contributed by atoms with van der Waals surface area (Å²) in [6.45, 7) is 0. The molecule has 1 N–H and O–H groups in total. The van der Waals surface area contributed by atoms with Crippen molar-refractivity contribution in [3.8, 4) is 0 Å².